The Bertz CT molecular complexity index is 362. The van der Waals surface area contributed by atoms with E-state index in [1.807, 2.05) is 12.1 Å². The number of hydrogen-bond acceptors (Lipinski definition) is 2. The third-order valence-electron chi connectivity index (χ3n) is 3.75. The van der Waals surface area contributed by atoms with Crippen LogP contribution in [-0.2, 0) is 10.2 Å². The fraction of sp³-hybridized carbons (Fsp3) is 0.625. The molecule has 0 heterocycles. The van der Waals surface area contributed by atoms with E-state index in [2.05, 4.69) is 26.1 Å². The molecular formula is C16H26FNO. The highest BCUT2D eigenvalue weighted by Crippen LogP contribution is 2.29. The maximum Gasteiger partial charge on any atom is 0.123 e. The molecule has 108 valence electrons. The van der Waals surface area contributed by atoms with E-state index in [4.69, 9.17) is 4.74 Å². The summed E-state index contributed by atoms with van der Waals surface area (Å²) >= 11 is 0. The van der Waals surface area contributed by atoms with Gasteiger partial charge in [-0.05, 0) is 37.1 Å². The Balaban J connectivity index is 2.81. The van der Waals surface area contributed by atoms with Crippen LogP contribution in [0.3, 0.4) is 0 Å². The van der Waals surface area contributed by atoms with Gasteiger partial charge in [-0.2, -0.15) is 0 Å². The van der Waals surface area contributed by atoms with Crippen LogP contribution in [0, 0.1) is 5.82 Å². The topological polar surface area (TPSA) is 21.3 Å². The van der Waals surface area contributed by atoms with Crippen LogP contribution in [0.25, 0.3) is 0 Å². The number of ether oxygens (including phenoxy) is 1. The van der Waals surface area contributed by atoms with Gasteiger partial charge in [0.1, 0.15) is 5.82 Å². The van der Waals surface area contributed by atoms with Crippen molar-refractivity contribution in [1.29, 1.82) is 0 Å². The molecular weight excluding hydrogens is 241 g/mol. The van der Waals surface area contributed by atoms with Gasteiger partial charge < -0.3 is 10.1 Å². The number of nitrogens with one attached hydrogen (secondary N) is 1. The molecule has 1 N–H and O–H groups in total. The Labute approximate surface area is 116 Å². The first-order valence-electron chi connectivity index (χ1n) is 7.00. The standard InChI is InChI=1S/C16H26FNO/c1-5-18-15(7-6-12-19-4)16(2,3)13-8-10-14(17)11-9-13/h8-11,15,18H,5-7,12H2,1-4H3. The van der Waals surface area contributed by atoms with Crippen LogP contribution >= 0.6 is 0 Å². The molecule has 0 amide bonds. The molecule has 0 radical (unpaired) electrons. The van der Waals surface area contributed by atoms with Crippen LogP contribution < -0.4 is 5.32 Å². The summed E-state index contributed by atoms with van der Waals surface area (Å²) in [6.45, 7) is 8.24. The van der Waals surface area contributed by atoms with Crippen molar-refractivity contribution < 1.29 is 9.13 Å². The highest BCUT2D eigenvalue weighted by molar-refractivity contribution is 5.26. The van der Waals surface area contributed by atoms with Gasteiger partial charge in [-0.25, -0.2) is 4.39 Å². The minimum Gasteiger partial charge on any atom is -0.385 e. The zero-order valence-electron chi connectivity index (χ0n) is 12.5. The number of likely N-dealkylation sites (N-methyl/N-ethyl adjacent to an activating group) is 1. The molecule has 0 saturated carbocycles. The second-order valence-electron chi connectivity index (χ2n) is 5.47. The summed E-state index contributed by atoms with van der Waals surface area (Å²) in [4.78, 5) is 0. The smallest absolute Gasteiger partial charge is 0.123 e. The van der Waals surface area contributed by atoms with E-state index in [0.717, 1.165) is 31.6 Å². The fourth-order valence-corrected chi connectivity index (χ4v) is 2.48. The molecule has 1 aromatic rings. The summed E-state index contributed by atoms with van der Waals surface area (Å²) in [6, 6.07) is 7.20. The molecule has 0 fully saturated rings. The van der Waals surface area contributed by atoms with Crippen LogP contribution in [-0.4, -0.2) is 26.3 Å². The highest BCUT2D eigenvalue weighted by atomic mass is 19.1. The van der Waals surface area contributed by atoms with Crippen LogP contribution in [0.2, 0.25) is 0 Å². The third kappa shape index (κ3) is 4.59. The van der Waals surface area contributed by atoms with Crippen molar-refractivity contribution in [3.8, 4) is 0 Å². The van der Waals surface area contributed by atoms with E-state index < -0.39 is 0 Å². The van der Waals surface area contributed by atoms with Gasteiger partial charge >= 0.3 is 0 Å². The quantitative estimate of drug-likeness (QED) is 0.728. The Morgan fingerprint density at radius 2 is 1.89 bits per heavy atom. The summed E-state index contributed by atoms with van der Waals surface area (Å²) in [5, 5.41) is 3.55. The largest absolute Gasteiger partial charge is 0.385 e. The van der Waals surface area contributed by atoms with E-state index in [1.165, 1.54) is 12.1 Å². The number of methoxy groups -OCH3 is 1. The van der Waals surface area contributed by atoms with Crippen LogP contribution in [0.5, 0.6) is 0 Å². The molecule has 0 bridgehead atoms. The molecule has 1 rings (SSSR count). The first kappa shape index (κ1) is 16.1. The van der Waals surface area contributed by atoms with Gasteiger partial charge in [-0.3, -0.25) is 0 Å². The van der Waals surface area contributed by atoms with E-state index in [0.29, 0.717) is 6.04 Å². The zero-order valence-corrected chi connectivity index (χ0v) is 12.5. The Morgan fingerprint density at radius 1 is 1.26 bits per heavy atom. The number of benzene rings is 1. The van der Waals surface area contributed by atoms with E-state index in [-0.39, 0.29) is 11.2 Å². The number of halogens is 1. The predicted molar refractivity (Wildman–Crippen MR) is 78.0 cm³/mol. The van der Waals surface area contributed by atoms with Crippen LogP contribution in [0.15, 0.2) is 24.3 Å². The molecule has 19 heavy (non-hydrogen) atoms. The SMILES string of the molecule is CCNC(CCCOC)C(C)(C)c1ccc(F)cc1. The molecule has 0 saturated heterocycles. The van der Waals surface area contributed by atoms with Crippen molar-refractivity contribution >= 4 is 0 Å². The van der Waals surface area contributed by atoms with Gasteiger partial charge in [-0.15, -0.1) is 0 Å². The summed E-state index contributed by atoms with van der Waals surface area (Å²) < 4.78 is 18.2. The second kappa shape index (κ2) is 7.61. The van der Waals surface area contributed by atoms with Crippen LogP contribution in [0.4, 0.5) is 4.39 Å². The lowest BCUT2D eigenvalue weighted by Crippen LogP contribution is -2.45. The van der Waals surface area contributed by atoms with Crippen molar-refractivity contribution in [1.82, 2.24) is 5.32 Å². The van der Waals surface area contributed by atoms with Gasteiger partial charge in [0.25, 0.3) is 0 Å². The molecule has 1 unspecified atom stereocenters. The van der Waals surface area contributed by atoms with Crippen molar-refractivity contribution in [2.45, 2.75) is 45.1 Å². The Morgan fingerprint density at radius 3 is 2.42 bits per heavy atom. The predicted octanol–water partition coefficient (Wildman–Crippen LogP) is 3.51. The van der Waals surface area contributed by atoms with Crippen molar-refractivity contribution in [3.63, 3.8) is 0 Å². The monoisotopic (exact) mass is 267 g/mol. The third-order valence-corrected chi connectivity index (χ3v) is 3.75. The first-order valence-corrected chi connectivity index (χ1v) is 7.00. The molecule has 1 aromatic carbocycles. The summed E-state index contributed by atoms with van der Waals surface area (Å²) in [5.41, 5.74) is 1.13. The normalized spacial score (nSPS) is 13.5. The van der Waals surface area contributed by atoms with Crippen molar-refractivity contribution in [2.75, 3.05) is 20.3 Å². The minimum absolute atomic E-state index is 0.0303. The Hall–Kier alpha value is -0.930. The highest BCUT2D eigenvalue weighted by Gasteiger charge is 2.30. The lowest BCUT2D eigenvalue weighted by molar-refractivity contribution is 0.182. The number of hydrogen-bond donors (Lipinski definition) is 1. The summed E-state index contributed by atoms with van der Waals surface area (Å²) in [6.07, 6.45) is 2.07. The maximum atomic E-state index is 13.0. The van der Waals surface area contributed by atoms with E-state index in [9.17, 15) is 4.39 Å². The molecule has 0 aliphatic rings. The van der Waals surface area contributed by atoms with Gasteiger partial charge in [0.15, 0.2) is 0 Å². The molecule has 0 spiro atoms. The molecule has 0 aromatic heterocycles. The lowest BCUT2D eigenvalue weighted by atomic mass is 9.76. The maximum absolute atomic E-state index is 13.0. The molecule has 2 nitrogen and oxygen atoms in total. The zero-order chi connectivity index (χ0) is 14.3. The lowest BCUT2D eigenvalue weighted by Gasteiger charge is -2.36. The van der Waals surface area contributed by atoms with E-state index >= 15 is 0 Å². The van der Waals surface area contributed by atoms with Gasteiger partial charge in [-0.1, -0.05) is 32.9 Å². The minimum atomic E-state index is -0.182. The van der Waals surface area contributed by atoms with Gasteiger partial charge in [0.2, 0.25) is 0 Å². The van der Waals surface area contributed by atoms with Gasteiger partial charge in [0, 0.05) is 25.2 Å². The second-order valence-corrected chi connectivity index (χ2v) is 5.47. The number of rotatable bonds is 8. The first-order chi connectivity index (χ1) is 9.02. The molecule has 3 heteroatoms. The molecule has 1 atom stereocenters. The van der Waals surface area contributed by atoms with E-state index in [1.54, 1.807) is 7.11 Å². The van der Waals surface area contributed by atoms with Crippen molar-refractivity contribution in [2.24, 2.45) is 0 Å². The van der Waals surface area contributed by atoms with Gasteiger partial charge in [0.05, 0.1) is 0 Å². The molecule has 0 aliphatic carbocycles. The average Bonchev–Trinajstić information content (AvgIpc) is 2.38. The van der Waals surface area contributed by atoms with Crippen molar-refractivity contribution in [3.05, 3.63) is 35.6 Å². The molecule has 0 aliphatic heterocycles. The summed E-state index contributed by atoms with van der Waals surface area (Å²) in [5.74, 6) is -0.182. The average molecular weight is 267 g/mol. The Kier molecular flexibility index (Phi) is 6.46. The van der Waals surface area contributed by atoms with Crippen LogP contribution in [0.1, 0.15) is 39.2 Å². The summed E-state index contributed by atoms with van der Waals surface area (Å²) in [7, 11) is 1.73. The fourth-order valence-electron chi connectivity index (χ4n) is 2.48.